The maximum absolute atomic E-state index is 11.3. The molecule has 1 unspecified atom stereocenters. The fourth-order valence-corrected chi connectivity index (χ4v) is 3.20. The van der Waals surface area contributed by atoms with Gasteiger partial charge in [-0.15, -0.1) is 0 Å². The second-order valence-electron chi connectivity index (χ2n) is 6.77. The topological polar surface area (TPSA) is 70.1 Å². The van der Waals surface area contributed by atoms with Crippen LogP contribution in [0, 0.1) is 5.92 Å². The van der Waals surface area contributed by atoms with Crippen molar-refractivity contribution in [2.75, 3.05) is 0 Å². The molecule has 0 radical (unpaired) electrons. The van der Waals surface area contributed by atoms with Crippen LogP contribution in [-0.2, 0) is 13.0 Å². The van der Waals surface area contributed by atoms with E-state index in [9.17, 15) is 4.79 Å². The summed E-state index contributed by atoms with van der Waals surface area (Å²) in [6, 6.07) is 6.61. The molecule has 0 spiro atoms. The second-order valence-corrected chi connectivity index (χ2v) is 6.77. The number of aromatic nitrogens is 2. The van der Waals surface area contributed by atoms with E-state index in [1.165, 1.54) is 31.2 Å². The van der Waals surface area contributed by atoms with Gasteiger partial charge in [0.2, 0.25) is 0 Å². The normalized spacial score (nSPS) is 12.4. The van der Waals surface area contributed by atoms with Crippen molar-refractivity contribution in [2.24, 2.45) is 11.7 Å². The summed E-state index contributed by atoms with van der Waals surface area (Å²) in [5.74, 6) is 0.534. The van der Waals surface area contributed by atoms with Crippen molar-refractivity contribution < 1.29 is 9.53 Å². The Hall–Kier alpha value is -2.04. The Labute approximate surface area is 150 Å². The van der Waals surface area contributed by atoms with Crippen molar-refractivity contribution in [2.45, 2.75) is 72.3 Å². The Kier molecular flexibility index (Phi) is 7.29. The molecule has 0 aliphatic rings. The van der Waals surface area contributed by atoms with Gasteiger partial charge in [-0.05, 0) is 42.9 Å². The summed E-state index contributed by atoms with van der Waals surface area (Å²) in [4.78, 5) is 15.8. The molecule has 0 saturated heterocycles. The van der Waals surface area contributed by atoms with Gasteiger partial charge in [0.15, 0.2) is 0 Å². The van der Waals surface area contributed by atoms with Crippen molar-refractivity contribution in [1.29, 1.82) is 0 Å². The van der Waals surface area contributed by atoms with Gasteiger partial charge in [-0.25, -0.2) is 4.79 Å². The predicted octanol–water partition coefficient (Wildman–Crippen LogP) is 5.05. The van der Waals surface area contributed by atoms with E-state index < -0.39 is 6.09 Å². The van der Waals surface area contributed by atoms with Gasteiger partial charge in [-0.2, -0.15) is 4.98 Å². The number of nitrogens with zero attached hydrogens (tertiary/aromatic N) is 2. The maximum Gasteiger partial charge on any atom is 0.412 e. The van der Waals surface area contributed by atoms with Gasteiger partial charge in [-0.1, -0.05) is 52.5 Å². The SMILES string of the molecule is CCCCc1ccc2nc(OC(N)=O)n(CC(CC)CCCC)c2c1. The lowest BCUT2D eigenvalue weighted by Gasteiger charge is -2.17. The number of primary amides is 1. The summed E-state index contributed by atoms with van der Waals surface area (Å²) in [5.41, 5.74) is 8.41. The lowest BCUT2D eigenvalue weighted by molar-refractivity contribution is 0.203. The van der Waals surface area contributed by atoms with Crippen molar-refractivity contribution >= 4 is 17.1 Å². The number of imidazole rings is 1. The standard InChI is InChI=1S/C20H31N3O2/c1-4-7-9-15(6-3)14-23-18-13-16(10-8-5-2)11-12-17(18)22-20(23)25-19(21)24/h11-13,15H,4-10,14H2,1-3H3,(H2,21,24). The largest absolute Gasteiger partial charge is 0.412 e. The zero-order valence-electron chi connectivity index (χ0n) is 15.8. The maximum atomic E-state index is 11.3. The molecule has 25 heavy (non-hydrogen) atoms. The Balaban J connectivity index is 2.38. The number of amides is 1. The van der Waals surface area contributed by atoms with E-state index in [1.54, 1.807) is 0 Å². The molecule has 5 nitrogen and oxygen atoms in total. The molecule has 1 aromatic heterocycles. The number of carbonyl (C=O) groups is 1. The van der Waals surface area contributed by atoms with Crippen LogP contribution in [0.2, 0.25) is 0 Å². The summed E-state index contributed by atoms with van der Waals surface area (Å²) in [5, 5.41) is 0. The minimum Gasteiger partial charge on any atom is -0.375 e. The highest BCUT2D eigenvalue weighted by atomic mass is 16.6. The highest BCUT2D eigenvalue weighted by Crippen LogP contribution is 2.27. The first-order valence-electron chi connectivity index (χ1n) is 9.55. The number of hydrogen-bond donors (Lipinski definition) is 1. The van der Waals surface area contributed by atoms with Crippen LogP contribution in [0.5, 0.6) is 6.01 Å². The van der Waals surface area contributed by atoms with Crippen LogP contribution in [0.3, 0.4) is 0 Å². The van der Waals surface area contributed by atoms with Gasteiger partial charge in [0, 0.05) is 6.54 Å². The second kappa shape index (κ2) is 9.44. The minimum atomic E-state index is -0.815. The summed E-state index contributed by atoms with van der Waals surface area (Å²) in [7, 11) is 0. The molecule has 1 heterocycles. The van der Waals surface area contributed by atoms with Crippen LogP contribution in [-0.4, -0.2) is 15.6 Å². The number of aryl methyl sites for hydroxylation is 1. The van der Waals surface area contributed by atoms with E-state index in [4.69, 9.17) is 10.5 Å². The highest BCUT2D eigenvalue weighted by molar-refractivity contribution is 5.78. The lowest BCUT2D eigenvalue weighted by atomic mass is 9.99. The number of hydrogen-bond acceptors (Lipinski definition) is 3. The molecule has 1 amide bonds. The van der Waals surface area contributed by atoms with Crippen LogP contribution in [0.25, 0.3) is 11.0 Å². The molecule has 0 aliphatic heterocycles. The summed E-state index contributed by atoms with van der Waals surface area (Å²) < 4.78 is 7.22. The van der Waals surface area contributed by atoms with Crippen LogP contribution < -0.4 is 10.5 Å². The van der Waals surface area contributed by atoms with Gasteiger partial charge in [0.05, 0.1) is 11.0 Å². The van der Waals surface area contributed by atoms with E-state index in [0.717, 1.165) is 36.8 Å². The van der Waals surface area contributed by atoms with Crippen LogP contribution in [0.1, 0.15) is 64.9 Å². The fraction of sp³-hybridized carbons (Fsp3) is 0.600. The van der Waals surface area contributed by atoms with Gasteiger partial charge in [0.25, 0.3) is 0 Å². The molecular weight excluding hydrogens is 314 g/mol. The predicted molar refractivity (Wildman–Crippen MR) is 102 cm³/mol. The van der Waals surface area contributed by atoms with Crippen molar-refractivity contribution in [3.8, 4) is 6.01 Å². The molecule has 5 heteroatoms. The Bertz CT molecular complexity index is 694. The van der Waals surface area contributed by atoms with Gasteiger partial charge in [0.1, 0.15) is 0 Å². The van der Waals surface area contributed by atoms with Crippen LogP contribution in [0.15, 0.2) is 18.2 Å². The molecule has 0 saturated carbocycles. The molecule has 138 valence electrons. The van der Waals surface area contributed by atoms with E-state index in [2.05, 4.69) is 37.9 Å². The Morgan fingerprint density at radius 1 is 1.24 bits per heavy atom. The number of fused-ring (bicyclic) bond motifs is 1. The highest BCUT2D eigenvalue weighted by Gasteiger charge is 2.18. The molecule has 2 aromatic rings. The van der Waals surface area contributed by atoms with Crippen LogP contribution in [0.4, 0.5) is 4.79 Å². The first kappa shape index (κ1) is 19.3. The third-order valence-electron chi connectivity index (χ3n) is 4.77. The lowest BCUT2D eigenvalue weighted by Crippen LogP contribution is -2.20. The number of rotatable bonds is 10. The number of ether oxygens (including phenoxy) is 1. The Morgan fingerprint density at radius 3 is 2.64 bits per heavy atom. The smallest absolute Gasteiger partial charge is 0.375 e. The van der Waals surface area contributed by atoms with Gasteiger partial charge >= 0.3 is 12.1 Å². The van der Waals surface area contributed by atoms with Crippen molar-refractivity contribution in [3.63, 3.8) is 0 Å². The fourth-order valence-electron chi connectivity index (χ4n) is 3.20. The number of carbonyl (C=O) groups excluding carboxylic acids is 1. The van der Waals surface area contributed by atoms with Gasteiger partial charge in [-0.3, -0.25) is 4.57 Å². The minimum absolute atomic E-state index is 0.310. The first-order chi connectivity index (χ1) is 12.1. The van der Waals surface area contributed by atoms with E-state index in [0.29, 0.717) is 11.9 Å². The van der Waals surface area contributed by atoms with E-state index in [-0.39, 0.29) is 0 Å². The third-order valence-corrected chi connectivity index (χ3v) is 4.77. The molecule has 1 atom stereocenters. The molecule has 0 bridgehead atoms. The third kappa shape index (κ3) is 5.21. The Morgan fingerprint density at radius 2 is 2.00 bits per heavy atom. The number of unbranched alkanes of at least 4 members (excludes halogenated alkanes) is 2. The number of benzene rings is 1. The molecular formula is C20H31N3O2. The first-order valence-corrected chi connectivity index (χ1v) is 9.55. The summed E-state index contributed by atoms with van der Waals surface area (Å²) in [6.07, 6.45) is 7.22. The van der Waals surface area contributed by atoms with Crippen molar-refractivity contribution in [1.82, 2.24) is 9.55 Å². The molecule has 1 aromatic carbocycles. The van der Waals surface area contributed by atoms with Crippen molar-refractivity contribution in [3.05, 3.63) is 23.8 Å². The molecule has 2 rings (SSSR count). The molecule has 2 N–H and O–H groups in total. The monoisotopic (exact) mass is 345 g/mol. The zero-order valence-corrected chi connectivity index (χ0v) is 15.8. The molecule has 0 aliphatic carbocycles. The summed E-state index contributed by atoms with van der Waals surface area (Å²) in [6.45, 7) is 7.41. The number of nitrogens with two attached hydrogens (primary N) is 1. The molecule has 0 fully saturated rings. The van der Waals surface area contributed by atoms with E-state index >= 15 is 0 Å². The zero-order chi connectivity index (χ0) is 18.2. The summed E-state index contributed by atoms with van der Waals surface area (Å²) >= 11 is 0. The quantitative estimate of drug-likeness (QED) is 0.655. The van der Waals surface area contributed by atoms with Gasteiger partial charge < -0.3 is 10.5 Å². The average Bonchev–Trinajstić information content (AvgIpc) is 2.92. The average molecular weight is 345 g/mol. The van der Waals surface area contributed by atoms with Crippen LogP contribution >= 0.6 is 0 Å². The van der Waals surface area contributed by atoms with E-state index in [1.807, 2.05) is 10.6 Å².